The van der Waals surface area contributed by atoms with Gasteiger partial charge in [0.15, 0.2) is 0 Å². The molecule has 0 radical (unpaired) electrons. The number of hydrogen-bond acceptors (Lipinski definition) is 4. The van der Waals surface area contributed by atoms with Crippen LogP contribution < -0.4 is 9.62 Å². The van der Waals surface area contributed by atoms with Crippen LogP contribution in [-0.4, -0.2) is 50.5 Å². The molecule has 11 heteroatoms. The Morgan fingerprint density at radius 1 is 0.923 bits per heavy atom. The summed E-state index contributed by atoms with van der Waals surface area (Å²) in [6, 6.07) is 19.4. The number of carbonyl (C=O) groups is 2. The number of nitrogens with one attached hydrogen (secondary N) is 1. The third-order valence-electron chi connectivity index (χ3n) is 5.97. The number of rotatable bonds is 12. The maximum absolute atomic E-state index is 14.0. The molecule has 0 saturated heterocycles. The van der Waals surface area contributed by atoms with Crippen molar-refractivity contribution in [3.8, 4) is 0 Å². The minimum Gasteiger partial charge on any atom is -0.354 e. The smallest absolute Gasteiger partial charge is 0.244 e. The molecule has 0 unspecified atom stereocenters. The molecule has 2 amide bonds. The van der Waals surface area contributed by atoms with E-state index in [-0.39, 0.29) is 24.6 Å². The number of anilines is 1. The zero-order valence-electron chi connectivity index (χ0n) is 21.6. The maximum atomic E-state index is 14.0. The molecular weight excluding hydrogens is 581 g/mol. The lowest BCUT2D eigenvalue weighted by Gasteiger charge is -2.33. The second-order valence-electron chi connectivity index (χ2n) is 9.00. The van der Waals surface area contributed by atoms with E-state index in [1.807, 2.05) is 37.3 Å². The molecule has 0 spiro atoms. The summed E-state index contributed by atoms with van der Waals surface area (Å²) in [4.78, 5) is 28.8. The zero-order chi connectivity index (χ0) is 28.6. The quantitative estimate of drug-likeness (QED) is 0.290. The third kappa shape index (κ3) is 8.86. The molecule has 0 heterocycles. The summed E-state index contributed by atoms with van der Waals surface area (Å²) in [7, 11) is -3.87. The van der Waals surface area contributed by atoms with Gasteiger partial charge in [-0.2, -0.15) is 0 Å². The van der Waals surface area contributed by atoms with Crippen LogP contribution in [0.25, 0.3) is 0 Å². The molecule has 0 bridgehead atoms. The summed E-state index contributed by atoms with van der Waals surface area (Å²) in [6.07, 6.45) is 1.94. The average Bonchev–Trinajstić information content (AvgIpc) is 2.89. The fraction of sp³-hybridized carbons (Fsp3) is 0.286. The largest absolute Gasteiger partial charge is 0.354 e. The molecule has 1 atom stereocenters. The van der Waals surface area contributed by atoms with E-state index in [1.54, 1.807) is 30.3 Å². The van der Waals surface area contributed by atoms with Crippen molar-refractivity contribution >= 4 is 62.3 Å². The van der Waals surface area contributed by atoms with Crippen LogP contribution in [0.3, 0.4) is 0 Å². The van der Waals surface area contributed by atoms with Gasteiger partial charge in [-0.15, -0.1) is 0 Å². The van der Waals surface area contributed by atoms with Gasteiger partial charge in [-0.1, -0.05) is 78.1 Å². The van der Waals surface area contributed by atoms with Gasteiger partial charge in [-0.25, -0.2) is 8.42 Å². The van der Waals surface area contributed by atoms with Crippen LogP contribution in [0.15, 0.2) is 72.8 Å². The number of halogens is 3. The minimum atomic E-state index is -3.87. The molecule has 0 aliphatic carbocycles. The standard InChI is InChI=1S/C28H30Cl3N3O4S/c1-3-15-32-28(36)26(16-20-7-5-4-6-8-20)33(18-21-9-10-23(30)17-25(21)31)27(35)19-34(39(2,37)38)24-13-11-22(29)12-14-24/h4-14,17,26H,3,15-16,18-19H2,1-2H3,(H,32,36)/t26-/m0/s1. The van der Waals surface area contributed by atoms with Crippen molar-refractivity contribution in [3.05, 3.63) is 99.0 Å². The normalized spacial score (nSPS) is 12.0. The number of nitrogens with zero attached hydrogens (tertiary/aromatic N) is 2. The van der Waals surface area contributed by atoms with Crippen LogP contribution in [0.2, 0.25) is 15.1 Å². The SMILES string of the molecule is CCCNC(=O)[C@H](Cc1ccccc1)N(Cc1ccc(Cl)cc1Cl)C(=O)CN(c1ccc(Cl)cc1)S(C)(=O)=O. The highest BCUT2D eigenvalue weighted by molar-refractivity contribution is 7.92. The molecule has 39 heavy (non-hydrogen) atoms. The molecule has 3 aromatic rings. The van der Waals surface area contributed by atoms with E-state index in [1.165, 1.54) is 17.0 Å². The summed E-state index contributed by atoms with van der Waals surface area (Å²) in [5, 5.41) is 4.06. The van der Waals surface area contributed by atoms with Crippen molar-refractivity contribution < 1.29 is 18.0 Å². The van der Waals surface area contributed by atoms with E-state index >= 15 is 0 Å². The average molecular weight is 611 g/mol. The Hall–Kier alpha value is -2.78. The van der Waals surface area contributed by atoms with Gasteiger partial charge in [-0.3, -0.25) is 13.9 Å². The van der Waals surface area contributed by atoms with Crippen molar-refractivity contribution in [2.45, 2.75) is 32.4 Å². The fourth-order valence-electron chi connectivity index (χ4n) is 3.97. The molecule has 3 aromatic carbocycles. The second kappa shape index (κ2) is 14.0. The Balaban J connectivity index is 2.06. The highest BCUT2D eigenvalue weighted by atomic mass is 35.5. The predicted octanol–water partition coefficient (Wildman–Crippen LogP) is 5.58. The number of benzene rings is 3. The van der Waals surface area contributed by atoms with Crippen LogP contribution in [-0.2, 0) is 32.6 Å². The van der Waals surface area contributed by atoms with E-state index < -0.39 is 28.5 Å². The summed E-state index contributed by atoms with van der Waals surface area (Å²) in [6.45, 7) is 1.79. The van der Waals surface area contributed by atoms with E-state index in [9.17, 15) is 18.0 Å². The van der Waals surface area contributed by atoms with Crippen LogP contribution >= 0.6 is 34.8 Å². The van der Waals surface area contributed by atoms with E-state index in [2.05, 4.69) is 5.32 Å². The molecule has 1 N–H and O–H groups in total. The van der Waals surface area contributed by atoms with E-state index in [0.29, 0.717) is 33.6 Å². The van der Waals surface area contributed by atoms with Gasteiger partial charge in [0.2, 0.25) is 21.8 Å². The Morgan fingerprint density at radius 2 is 1.56 bits per heavy atom. The first kappa shape index (κ1) is 30.8. The van der Waals surface area contributed by atoms with E-state index in [0.717, 1.165) is 16.1 Å². The number of amides is 2. The highest BCUT2D eigenvalue weighted by Crippen LogP contribution is 2.25. The van der Waals surface area contributed by atoms with Crippen molar-refractivity contribution in [1.82, 2.24) is 10.2 Å². The second-order valence-corrected chi connectivity index (χ2v) is 12.2. The van der Waals surface area contributed by atoms with Gasteiger partial charge in [0, 0.05) is 34.6 Å². The summed E-state index contributed by atoms with van der Waals surface area (Å²) >= 11 is 18.5. The molecular formula is C28H30Cl3N3O4S. The van der Waals surface area contributed by atoms with Gasteiger partial charge in [0.1, 0.15) is 12.6 Å². The summed E-state index contributed by atoms with van der Waals surface area (Å²) < 4.78 is 26.5. The molecule has 208 valence electrons. The van der Waals surface area contributed by atoms with Crippen molar-refractivity contribution in [2.75, 3.05) is 23.7 Å². The van der Waals surface area contributed by atoms with Gasteiger partial charge in [0.05, 0.1) is 11.9 Å². The van der Waals surface area contributed by atoms with Crippen molar-refractivity contribution in [3.63, 3.8) is 0 Å². The van der Waals surface area contributed by atoms with Crippen LogP contribution in [0, 0.1) is 0 Å². The molecule has 0 aliphatic rings. The molecule has 0 aromatic heterocycles. The van der Waals surface area contributed by atoms with Crippen LogP contribution in [0.1, 0.15) is 24.5 Å². The lowest BCUT2D eigenvalue weighted by molar-refractivity contribution is -0.140. The fourth-order valence-corrected chi connectivity index (χ4v) is 5.42. The molecule has 0 aliphatic heterocycles. The topological polar surface area (TPSA) is 86.8 Å². The number of carbonyl (C=O) groups excluding carboxylic acids is 2. The summed E-state index contributed by atoms with van der Waals surface area (Å²) in [5.74, 6) is -0.925. The van der Waals surface area contributed by atoms with Crippen molar-refractivity contribution in [1.29, 1.82) is 0 Å². The van der Waals surface area contributed by atoms with Crippen LogP contribution in [0.5, 0.6) is 0 Å². The van der Waals surface area contributed by atoms with Gasteiger partial charge in [0.25, 0.3) is 0 Å². The number of sulfonamides is 1. The van der Waals surface area contributed by atoms with Gasteiger partial charge >= 0.3 is 0 Å². The summed E-state index contributed by atoms with van der Waals surface area (Å²) in [5.41, 5.74) is 1.68. The minimum absolute atomic E-state index is 0.0376. The van der Waals surface area contributed by atoms with Gasteiger partial charge in [-0.05, 0) is 53.9 Å². The zero-order valence-corrected chi connectivity index (χ0v) is 24.7. The lowest BCUT2D eigenvalue weighted by atomic mass is 10.0. The predicted molar refractivity (Wildman–Crippen MR) is 158 cm³/mol. The van der Waals surface area contributed by atoms with E-state index in [4.69, 9.17) is 34.8 Å². The molecule has 7 nitrogen and oxygen atoms in total. The van der Waals surface area contributed by atoms with Gasteiger partial charge < -0.3 is 10.2 Å². The number of hydrogen-bond donors (Lipinski definition) is 1. The first-order valence-electron chi connectivity index (χ1n) is 12.3. The Bertz CT molecular complexity index is 1390. The highest BCUT2D eigenvalue weighted by Gasteiger charge is 2.33. The molecule has 0 saturated carbocycles. The van der Waals surface area contributed by atoms with Crippen LogP contribution in [0.4, 0.5) is 5.69 Å². The lowest BCUT2D eigenvalue weighted by Crippen LogP contribution is -2.53. The Morgan fingerprint density at radius 3 is 2.15 bits per heavy atom. The Kier molecular flexibility index (Phi) is 11.1. The van der Waals surface area contributed by atoms with Crippen molar-refractivity contribution in [2.24, 2.45) is 0 Å². The molecule has 3 rings (SSSR count). The monoisotopic (exact) mass is 609 g/mol. The first-order chi connectivity index (χ1) is 18.5. The first-order valence-corrected chi connectivity index (χ1v) is 15.3. The Labute approximate surface area is 244 Å². The maximum Gasteiger partial charge on any atom is 0.244 e. The molecule has 0 fully saturated rings. The third-order valence-corrected chi connectivity index (χ3v) is 7.95.